The minimum absolute atomic E-state index is 0.111. The Labute approximate surface area is 124 Å². The number of nitro groups is 1. The van der Waals surface area contributed by atoms with Crippen molar-refractivity contribution < 1.29 is 14.8 Å². The number of carbonyl (C=O) groups is 1. The average Bonchev–Trinajstić information content (AvgIpc) is 2.81. The third kappa shape index (κ3) is 2.96. The largest absolute Gasteiger partial charge is 0.481 e. The normalized spacial score (nSPS) is 21.7. The second-order valence-corrected chi connectivity index (χ2v) is 5.48. The average molecular weight is 319 g/mol. The number of halogens is 2. The first-order chi connectivity index (χ1) is 9.40. The molecular weight excluding hydrogens is 307 g/mol. The van der Waals surface area contributed by atoms with E-state index in [-0.39, 0.29) is 21.8 Å². The summed E-state index contributed by atoms with van der Waals surface area (Å²) in [5.74, 6) is -1.37. The van der Waals surface area contributed by atoms with Crippen LogP contribution in [-0.2, 0) is 4.79 Å². The molecule has 1 aromatic carbocycles. The molecule has 108 valence electrons. The van der Waals surface area contributed by atoms with Crippen molar-refractivity contribution in [3.05, 3.63) is 32.3 Å². The third-order valence-electron chi connectivity index (χ3n) is 3.40. The van der Waals surface area contributed by atoms with Gasteiger partial charge in [0.15, 0.2) is 0 Å². The van der Waals surface area contributed by atoms with Gasteiger partial charge in [-0.25, -0.2) is 0 Å². The van der Waals surface area contributed by atoms with E-state index in [1.165, 1.54) is 12.1 Å². The van der Waals surface area contributed by atoms with Crippen LogP contribution >= 0.6 is 23.2 Å². The van der Waals surface area contributed by atoms with Crippen LogP contribution in [0.25, 0.3) is 0 Å². The first-order valence-electron chi connectivity index (χ1n) is 6.03. The number of hydrogen-bond donors (Lipinski definition) is 2. The fraction of sp³-hybridized carbons (Fsp3) is 0.417. The van der Waals surface area contributed by atoms with Crippen LogP contribution in [0.3, 0.4) is 0 Å². The SMILES string of the molecule is O=C(O)C1CCCC1Nc1c(Cl)cc([N+](=O)[O-])cc1Cl. The van der Waals surface area contributed by atoms with Gasteiger partial charge in [-0.15, -0.1) is 0 Å². The van der Waals surface area contributed by atoms with Crippen molar-refractivity contribution in [1.29, 1.82) is 0 Å². The molecule has 0 saturated heterocycles. The number of nitro benzene ring substituents is 1. The number of anilines is 1. The fourth-order valence-electron chi connectivity index (χ4n) is 2.42. The topological polar surface area (TPSA) is 92.5 Å². The van der Waals surface area contributed by atoms with Crippen LogP contribution in [0.5, 0.6) is 0 Å². The molecule has 0 heterocycles. The predicted molar refractivity (Wildman–Crippen MR) is 75.5 cm³/mol. The Hall–Kier alpha value is -1.53. The van der Waals surface area contributed by atoms with Crippen LogP contribution in [-0.4, -0.2) is 22.0 Å². The highest BCUT2D eigenvalue weighted by Crippen LogP contribution is 2.38. The molecule has 1 aliphatic rings. The van der Waals surface area contributed by atoms with E-state index < -0.39 is 16.8 Å². The third-order valence-corrected chi connectivity index (χ3v) is 4.00. The number of hydrogen-bond acceptors (Lipinski definition) is 4. The Morgan fingerprint density at radius 1 is 1.35 bits per heavy atom. The molecule has 8 heteroatoms. The number of carboxylic acid groups (broad SMARTS) is 1. The predicted octanol–water partition coefficient (Wildman–Crippen LogP) is 3.57. The Bertz CT molecular complexity index is 541. The maximum absolute atomic E-state index is 11.1. The Balaban J connectivity index is 2.25. The summed E-state index contributed by atoms with van der Waals surface area (Å²) < 4.78 is 0. The van der Waals surface area contributed by atoms with Gasteiger partial charge in [0.2, 0.25) is 0 Å². The highest BCUT2D eigenvalue weighted by molar-refractivity contribution is 6.39. The molecule has 20 heavy (non-hydrogen) atoms. The van der Waals surface area contributed by atoms with E-state index in [2.05, 4.69) is 5.32 Å². The lowest BCUT2D eigenvalue weighted by Crippen LogP contribution is -2.29. The highest BCUT2D eigenvalue weighted by Gasteiger charge is 2.33. The minimum Gasteiger partial charge on any atom is -0.481 e. The standard InChI is InChI=1S/C12H12Cl2N2O4/c13-8-4-6(16(19)20)5-9(14)11(8)15-10-3-1-2-7(10)12(17)18/h4-5,7,10,15H,1-3H2,(H,17,18). The number of aliphatic carboxylic acids is 1. The zero-order valence-electron chi connectivity index (χ0n) is 10.3. The maximum atomic E-state index is 11.1. The molecule has 0 aliphatic heterocycles. The smallest absolute Gasteiger partial charge is 0.308 e. The molecule has 1 saturated carbocycles. The van der Waals surface area contributed by atoms with Crippen molar-refractivity contribution in [2.75, 3.05) is 5.32 Å². The van der Waals surface area contributed by atoms with Crippen molar-refractivity contribution in [2.45, 2.75) is 25.3 Å². The molecule has 1 aromatic rings. The number of rotatable bonds is 4. The molecule has 0 amide bonds. The molecule has 1 fully saturated rings. The van der Waals surface area contributed by atoms with E-state index in [1.807, 2.05) is 0 Å². The molecule has 0 spiro atoms. The van der Waals surface area contributed by atoms with Gasteiger partial charge in [0.05, 0.1) is 26.6 Å². The monoisotopic (exact) mass is 318 g/mol. The second-order valence-electron chi connectivity index (χ2n) is 4.67. The van der Waals surface area contributed by atoms with Crippen LogP contribution in [0.4, 0.5) is 11.4 Å². The number of nitrogens with one attached hydrogen (secondary N) is 1. The van der Waals surface area contributed by atoms with E-state index in [1.54, 1.807) is 0 Å². The van der Waals surface area contributed by atoms with Crippen molar-refractivity contribution >= 4 is 40.5 Å². The maximum Gasteiger partial charge on any atom is 0.308 e. The Morgan fingerprint density at radius 3 is 2.45 bits per heavy atom. The summed E-state index contributed by atoms with van der Waals surface area (Å²) in [5, 5.41) is 23.0. The van der Waals surface area contributed by atoms with Crippen LogP contribution in [0.1, 0.15) is 19.3 Å². The summed E-state index contributed by atoms with van der Waals surface area (Å²) >= 11 is 12.0. The zero-order valence-corrected chi connectivity index (χ0v) is 11.8. The molecule has 1 aliphatic carbocycles. The van der Waals surface area contributed by atoms with Crippen LogP contribution in [0.15, 0.2) is 12.1 Å². The Kier molecular flexibility index (Phi) is 4.35. The van der Waals surface area contributed by atoms with Gasteiger partial charge in [0, 0.05) is 18.2 Å². The second kappa shape index (κ2) is 5.85. The van der Waals surface area contributed by atoms with Crippen molar-refractivity contribution in [3.63, 3.8) is 0 Å². The van der Waals surface area contributed by atoms with Gasteiger partial charge in [-0.2, -0.15) is 0 Å². The lowest BCUT2D eigenvalue weighted by Gasteiger charge is -2.20. The molecule has 2 rings (SSSR count). The summed E-state index contributed by atoms with van der Waals surface area (Å²) in [6.07, 6.45) is 2.09. The summed E-state index contributed by atoms with van der Waals surface area (Å²) in [7, 11) is 0. The summed E-state index contributed by atoms with van der Waals surface area (Å²) in [5.41, 5.74) is 0.142. The van der Waals surface area contributed by atoms with Gasteiger partial charge in [-0.1, -0.05) is 29.6 Å². The zero-order chi connectivity index (χ0) is 14.9. The number of benzene rings is 1. The first-order valence-corrected chi connectivity index (χ1v) is 6.78. The fourth-order valence-corrected chi connectivity index (χ4v) is 3.00. The molecule has 6 nitrogen and oxygen atoms in total. The van der Waals surface area contributed by atoms with Gasteiger partial charge in [0.25, 0.3) is 5.69 Å². The van der Waals surface area contributed by atoms with Crippen molar-refractivity contribution in [1.82, 2.24) is 0 Å². The minimum atomic E-state index is -0.867. The van der Waals surface area contributed by atoms with E-state index in [9.17, 15) is 14.9 Å². The van der Waals surface area contributed by atoms with E-state index in [0.29, 0.717) is 18.5 Å². The lowest BCUT2D eigenvalue weighted by atomic mass is 10.0. The van der Waals surface area contributed by atoms with Gasteiger partial charge >= 0.3 is 5.97 Å². The summed E-state index contributed by atoms with van der Waals surface area (Å²) in [4.78, 5) is 21.2. The quantitative estimate of drug-likeness (QED) is 0.654. The lowest BCUT2D eigenvalue weighted by molar-refractivity contribution is -0.384. The highest BCUT2D eigenvalue weighted by atomic mass is 35.5. The van der Waals surface area contributed by atoms with E-state index in [0.717, 1.165) is 6.42 Å². The number of carboxylic acids is 1. The molecule has 2 N–H and O–H groups in total. The Morgan fingerprint density at radius 2 is 1.95 bits per heavy atom. The van der Waals surface area contributed by atoms with Crippen LogP contribution in [0.2, 0.25) is 10.0 Å². The van der Waals surface area contributed by atoms with Crippen LogP contribution < -0.4 is 5.32 Å². The molecule has 0 aromatic heterocycles. The van der Waals surface area contributed by atoms with Crippen molar-refractivity contribution in [3.8, 4) is 0 Å². The summed E-state index contributed by atoms with van der Waals surface area (Å²) in [6.45, 7) is 0. The van der Waals surface area contributed by atoms with E-state index >= 15 is 0 Å². The summed E-state index contributed by atoms with van der Waals surface area (Å²) in [6, 6.07) is 2.12. The van der Waals surface area contributed by atoms with Gasteiger partial charge in [0.1, 0.15) is 0 Å². The molecular formula is C12H12Cl2N2O4. The number of nitrogens with zero attached hydrogens (tertiary/aromatic N) is 1. The van der Waals surface area contributed by atoms with Gasteiger partial charge in [-0.05, 0) is 12.8 Å². The molecule has 0 bridgehead atoms. The molecule has 2 atom stereocenters. The van der Waals surface area contributed by atoms with Gasteiger partial charge in [-0.3, -0.25) is 14.9 Å². The first kappa shape index (κ1) is 14.9. The van der Waals surface area contributed by atoms with Crippen molar-refractivity contribution in [2.24, 2.45) is 5.92 Å². The number of non-ortho nitro benzene ring substituents is 1. The molecule has 2 unspecified atom stereocenters. The van der Waals surface area contributed by atoms with Gasteiger partial charge < -0.3 is 10.4 Å². The van der Waals surface area contributed by atoms with Crippen LogP contribution in [0, 0.1) is 16.0 Å². The van der Waals surface area contributed by atoms with E-state index in [4.69, 9.17) is 28.3 Å². The molecule has 0 radical (unpaired) electrons.